The molecule has 7 nitrogen and oxygen atoms in total. The van der Waals surface area contributed by atoms with Gasteiger partial charge in [-0.15, -0.1) is 0 Å². The number of nitrogens with one attached hydrogen (secondary N) is 1. The van der Waals surface area contributed by atoms with Gasteiger partial charge in [0.1, 0.15) is 11.3 Å². The maximum atomic E-state index is 13.1. The van der Waals surface area contributed by atoms with Crippen molar-refractivity contribution in [1.82, 2.24) is 19.3 Å². The van der Waals surface area contributed by atoms with Gasteiger partial charge in [0.15, 0.2) is 5.82 Å². The summed E-state index contributed by atoms with van der Waals surface area (Å²) in [7, 11) is -3.65. The molecule has 2 heterocycles. The Bertz CT molecular complexity index is 1420. The van der Waals surface area contributed by atoms with Crippen LogP contribution in [0, 0.1) is 20.8 Å². The highest BCUT2D eigenvalue weighted by Gasteiger charge is 2.21. The molecule has 0 unspecified atom stereocenters. The lowest BCUT2D eigenvalue weighted by Crippen LogP contribution is -2.29. The number of aromatic nitrogens is 3. The molecule has 0 aliphatic rings. The molecule has 0 atom stereocenters. The van der Waals surface area contributed by atoms with Crippen LogP contribution in [-0.2, 0) is 23.0 Å². The minimum absolute atomic E-state index is 0.246. The number of rotatable bonds is 8. The number of fused-ring (bicyclic) bond motifs is 3. The third kappa shape index (κ3) is 4.45. The summed E-state index contributed by atoms with van der Waals surface area (Å²) in [6.07, 6.45) is 2.82. The topological polar surface area (TPSA) is 103 Å². The van der Waals surface area contributed by atoms with Crippen molar-refractivity contribution in [2.75, 3.05) is 12.3 Å². The molecule has 3 N–H and O–H groups in total. The van der Waals surface area contributed by atoms with Gasteiger partial charge in [0.25, 0.3) is 0 Å². The van der Waals surface area contributed by atoms with E-state index in [0.29, 0.717) is 22.8 Å². The van der Waals surface area contributed by atoms with E-state index in [-0.39, 0.29) is 6.54 Å². The van der Waals surface area contributed by atoms with Gasteiger partial charge in [-0.3, -0.25) is 0 Å². The smallest absolute Gasteiger partial charge is 0.241 e. The summed E-state index contributed by atoms with van der Waals surface area (Å²) in [6, 6.07) is 11.6. The third-order valence-corrected chi connectivity index (χ3v) is 7.71. The first kappa shape index (κ1) is 23.2. The second kappa shape index (κ2) is 9.11. The highest BCUT2D eigenvalue weighted by atomic mass is 32.2. The van der Waals surface area contributed by atoms with E-state index >= 15 is 0 Å². The minimum atomic E-state index is -3.65. The first-order valence-corrected chi connectivity index (χ1v) is 12.8. The lowest BCUT2D eigenvalue weighted by Gasteiger charge is -2.15. The molecule has 2 aromatic carbocycles. The normalized spacial score (nSPS) is 12.1. The average Bonchev–Trinajstić information content (AvgIpc) is 3.10. The van der Waals surface area contributed by atoms with Gasteiger partial charge in [-0.2, -0.15) is 0 Å². The summed E-state index contributed by atoms with van der Waals surface area (Å²) >= 11 is 0. The van der Waals surface area contributed by atoms with Crippen molar-refractivity contribution in [3.05, 3.63) is 58.9 Å². The second-order valence-corrected chi connectivity index (χ2v) is 10.3. The number of unbranched alkanes of at least 4 members (excludes halogenated alkanes) is 1. The van der Waals surface area contributed by atoms with Crippen molar-refractivity contribution in [3.63, 3.8) is 0 Å². The number of nitrogen functional groups attached to an aromatic ring is 1. The number of nitrogens with two attached hydrogens (primary N) is 1. The lowest BCUT2D eigenvalue weighted by molar-refractivity contribution is 0.568. The number of benzene rings is 2. The second-order valence-electron chi connectivity index (χ2n) is 8.62. The number of nitrogens with zero attached hydrogens (tertiary/aromatic N) is 3. The average molecular weight is 466 g/mol. The largest absolute Gasteiger partial charge is 0.382 e. The standard InChI is InChI=1S/C25H31N5O2S/c1-5-6-11-21-29-22-23(19-9-7-8-10-20(19)28-25(22)26)30(21)13-12-27-33(31,32)24-17(3)14-16(2)15-18(24)4/h7-10,14-15,27H,5-6,11-13H2,1-4H3,(H2,26,28). The highest BCUT2D eigenvalue weighted by Crippen LogP contribution is 2.29. The maximum Gasteiger partial charge on any atom is 0.241 e. The van der Waals surface area contributed by atoms with E-state index in [1.54, 1.807) is 0 Å². The fraction of sp³-hybridized carbons (Fsp3) is 0.360. The Labute approximate surface area is 195 Å². The number of hydrogen-bond acceptors (Lipinski definition) is 5. The van der Waals surface area contributed by atoms with E-state index in [1.165, 1.54) is 0 Å². The lowest BCUT2D eigenvalue weighted by atomic mass is 10.1. The molecule has 0 bridgehead atoms. The predicted octanol–water partition coefficient (Wildman–Crippen LogP) is 4.41. The Hall–Kier alpha value is -2.97. The molecule has 0 aliphatic heterocycles. The zero-order valence-electron chi connectivity index (χ0n) is 19.6. The number of pyridine rings is 1. The number of aryl methyl sites for hydroxylation is 4. The van der Waals surface area contributed by atoms with Crippen LogP contribution in [0.2, 0.25) is 0 Å². The van der Waals surface area contributed by atoms with Crippen LogP contribution >= 0.6 is 0 Å². The van der Waals surface area contributed by atoms with Crippen molar-refractivity contribution >= 4 is 37.8 Å². The van der Waals surface area contributed by atoms with E-state index in [4.69, 9.17) is 10.7 Å². The maximum absolute atomic E-state index is 13.1. The summed E-state index contributed by atoms with van der Waals surface area (Å²) in [6.45, 7) is 8.48. The first-order valence-electron chi connectivity index (χ1n) is 11.3. The van der Waals surface area contributed by atoms with Crippen LogP contribution in [0.15, 0.2) is 41.3 Å². The van der Waals surface area contributed by atoms with Crippen LogP contribution in [0.4, 0.5) is 5.82 Å². The molecule has 33 heavy (non-hydrogen) atoms. The van der Waals surface area contributed by atoms with Gasteiger partial charge in [0.05, 0.1) is 15.9 Å². The predicted molar refractivity (Wildman–Crippen MR) is 134 cm³/mol. The summed E-state index contributed by atoms with van der Waals surface area (Å²) in [5, 5.41) is 0.963. The molecule has 0 radical (unpaired) electrons. The van der Waals surface area contributed by atoms with E-state index in [2.05, 4.69) is 21.2 Å². The number of para-hydroxylation sites is 1. The van der Waals surface area contributed by atoms with E-state index in [0.717, 1.165) is 58.2 Å². The van der Waals surface area contributed by atoms with E-state index in [9.17, 15) is 8.42 Å². The van der Waals surface area contributed by atoms with Crippen LogP contribution in [0.5, 0.6) is 0 Å². The molecule has 0 saturated heterocycles. The van der Waals surface area contributed by atoms with Crippen molar-refractivity contribution in [1.29, 1.82) is 0 Å². The zero-order valence-corrected chi connectivity index (χ0v) is 20.5. The fourth-order valence-electron chi connectivity index (χ4n) is 4.63. The number of sulfonamides is 1. The molecule has 0 fully saturated rings. The van der Waals surface area contributed by atoms with Gasteiger partial charge in [0.2, 0.25) is 10.0 Å². The van der Waals surface area contributed by atoms with Crippen LogP contribution in [0.3, 0.4) is 0 Å². The molecule has 4 rings (SSSR count). The fourth-order valence-corrected chi connectivity index (χ4v) is 6.10. The molecule has 0 saturated carbocycles. The number of anilines is 1. The van der Waals surface area contributed by atoms with Crippen LogP contribution < -0.4 is 10.5 Å². The van der Waals surface area contributed by atoms with Crippen molar-refractivity contribution < 1.29 is 8.42 Å². The Kier molecular flexibility index (Phi) is 6.41. The molecule has 0 aliphatic carbocycles. The monoisotopic (exact) mass is 465 g/mol. The summed E-state index contributed by atoms with van der Waals surface area (Å²) in [4.78, 5) is 9.68. The molecule has 2 aromatic heterocycles. The van der Waals surface area contributed by atoms with Crippen LogP contribution in [0.1, 0.15) is 42.3 Å². The van der Waals surface area contributed by atoms with Crippen molar-refractivity contribution in [2.24, 2.45) is 0 Å². The zero-order chi connectivity index (χ0) is 23.8. The Morgan fingerprint density at radius 2 is 1.76 bits per heavy atom. The first-order chi connectivity index (χ1) is 15.7. The van der Waals surface area contributed by atoms with E-state index in [1.807, 2.05) is 57.2 Å². The van der Waals surface area contributed by atoms with Gasteiger partial charge in [0, 0.05) is 24.9 Å². The minimum Gasteiger partial charge on any atom is -0.382 e. The molecular formula is C25H31N5O2S. The van der Waals surface area contributed by atoms with Gasteiger partial charge < -0.3 is 10.3 Å². The molecule has 174 valence electrons. The number of hydrogen-bond donors (Lipinski definition) is 2. The molecule has 4 aromatic rings. The Morgan fingerprint density at radius 3 is 2.45 bits per heavy atom. The molecular weight excluding hydrogens is 434 g/mol. The summed E-state index contributed by atoms with van der Waals surface area (Å²) in [5.41, 5.74) is 11.2. The number of imidazole rings is 1. The van der Waals surface area contributed by atoms with Crippen molar-refractivity contribution in [3.8, 4) is 0 Å². The van der Waals surface area contributed by atoms with Gasteiger partial charge in [-0.05, 0) is 44.4 Å². The van der Waals surface area contributed by atoms with Gasteiger partial charge in [-0.1, -0.05) is 49.2 Å². The van der Waals surface area contributed by atoms with E-state index < -0.39 is 10.0 Å². The summed E-state index contributed by atoms with van der Waals surface area (Å²) in [5.74, 6) is 1.30. The molecule has 0 amide bonds. The van der Waals surface area contributed by atoms with Crippen molar-refractivity contribution in [2.45, 2.75) is 58.4 Å². The molecule has 0 spiro atoms. The third-order valence-electron chi connectivity index (χ3n) is 5.94. The summed E-state index contributed by atoms with van der Waals surface area (Å²) < 4.78 is 31.2. The SMILES string of the molecule is CCCCc1nc2c(N)nc3ccccc3c2n1CCNS(=O)(=O)c1c(C)cc(C)cc1C. The Balaban J connectivity index is 1.71. The van der Waals surface area contributed by atoms with Gasteiger partial charge >= 0.3 is 0 Å². The van der Waals surface area contributed by atoms with Crippen LogP contribution in [0.25, 0.3) is 21.9 Å². The molecule has 8 heteroatoms. The Morgan fingerprint density at radius 1 is 1.06 bits per heavy atom. The van der Waals surface area contributed by atoms with Crippen LogP contribution in [-0.4, -0.2) is 29.5 Å². The quantitative estimate of drug-likeness (QED) is 0.401. The highest BCUT2D eigenvalue weighted by molar-refractivity contribution is 7.89. The van der Waals surface area contributed by atoms with Gasteiger partial charge in [-0.25, -0.2) is 23.1 Å².